The van der Waals surface area contributed by atoms with Gasteiger partial charge in [-0.2, -0.15) is 0 Å². The van der Waals surface area contributed by atoms with Gasteiger partial charge < -0.3 is 4.74 Å². The molecule has 0 aromatic heterocycles. The van der Waals surface area contributed by atoms with Crippen LogP contribution in [0.1, 0.15) is 79.1 Å². The number of hydrogen-bond acceptors (Lipinski definition) is 2. The third-order valence-corrected chi connectivity index (χ3v) is 7.26. The summed E-state index contributed by atoms with van der Waals surface area (Å²) in [5.74, 6) is 1.74. The predicted molar refractivity (Wildman–Crippen MR) is 85.2 cm³/mol. The van der Waals surface area contributed by atoms with Crippen LogP contribution < -0.4 is 0 Å². The quantitative estimate of drug-likeness (QED) is 0.643. The van der Waals surface area contributed by atoms with Crippen molar-refractivity contribution >= 4 is 5.78 Å². The second-order valence-corrected chi connectivity index (χ2v) is 8.98. The minimum atomic E-state index is -0.000625. The van der Waals surface area contributed by atoms with Gasteiger partial charge in [0.1, 0.15) is 5.78 Å². The van der Waals surface area contributed by atoms with Crippen molar-refractivity contribution in [1.82, 2.24) is 0 Å². The highest BCUT2D eigenvalue weighted by molar-refractivity contribution is 5.78. The second kappa shape index (κ2) is 5.08. The van der Waals surface area contributed by atoms with Crippen molar-refractivity contribution in [3.63, 3.8) is 0 Å². The van der Waals surface area contributed by atoms with Crippen LogP contribution >= 0.6 is 0 Å². The Labute approximate surface area is 130 Å². The lowest BCUT2D eigenvalue weighted by atomic mass is 9.45. The normalized spacial score (nSPS) is 47.0. The van der Waals surface area contributed by atoms with Gasteiger partial charge in [0, 0.05) is 12.8 Å². The van der Waals surface area contributed by atoms with Crippen LogP contribution in [0.4, 0.5) is 0 Å². The highest BCUT2D eigenvalue weighted by Gasteiger charge is 2.58. The molecule has 2 heteroatoms. The van der Waals surface area contributed by atoms with Gasteiger partial charge in [-0.05, 0) is 61.7 Å². The average molecular weight is 292 g/mol. The molecule has 3 aliphatic rings. The average Bonchev–Trinajstić information content (AvgIpc) is 2.34. The van der Waals surface area contributed by atoms with Gasteiger partial charge in [-0.3, -0.25) is 4.79 Å². The van der Waals surface area contributed by atoms with E-state index in [9.17, 15) is 4.79 Å². The van der Waals surface area contributed by atoms with Crippen molar-refractivity contribution in [1.29, 1.82) is 0 Å². The summed E-state index contributed by atoms with van der Waals surface area (Å²) >= 11 is 0. The van der Waals surface area contributed by atoms with Crippen molar-refractivity contribution in [2.24, 2.45) is 22.7 Å². The number of carbonyl (C=O) groups excluding carboxylic acids is 1. The van der Waals surface area contributed by atoms with Gasteiger partial charge >= 0.3 is 0 Å². The van der Waals surface area contributed by atoms with E-state index in [1.54, 1.807) is 0 Å². The molecule has 3 rings (SSSR count). The Balaban J connectivity index is 1.95. The van der Waals surface area contributed by atoms with Crippen molar-refractivity contribution < 1.29 is 9.53 Å². The van der Waals surface area contributed by atoms with E-state index >= 15 is 0 Å². The van der Waals surface area contributed by atoms with Crippen LogP contribution in [0.25, 0.3) is 0 Å². The highest BCUT2D eigenvalue weighted by atomic mass is 16.5. The lowest BCUT2D eigenvalue weighted by Gasteiger charge is -2.62. The van der Waals surface area contributed by atoms with E-state index < -0.39 is 0 Å². The zero-order valence-corrected chi connectivity index (χ0v) is 14.3. The molecule has 4 atom stereocenters. The first-order valence-corrected chi connectivity index (χ1v) is 8.94. The SMILES string of the molecule is CC1(C)CCC[C@]2(C)[C@H]3CCC(=O)CCO[C@]3(C)CC[C@@H]12. The van der Waals surface area contributed by atoms with E-state index in [-0.39, 0.29) is 5.60 Å². The Morgan fingerprint density at radius 2 is 1.71 bits per heavy atom. The monoisotopic (exact) mass is 292 g/mol. The van der Waals surface area contributed by atoms with Crippen molar-refractivity contribution in [3.05, 3.63) is 0 Å². The highest BCUT2D eigenvalue weighted by Crippen LogP contribution is 2.63. The molecule has 1 saturated heterocycles. The molecule has 2 nitrogen and oxygen atoms in total. The summed E-state index contributed by atoms with van der Waals surface area (Å²) in [6, 6.07) is 0. The van der Waals surface area contributed by atoms with Crippen molar-refractivity contribution in [2.45, 2.75) is 84.7 Å². The molecule has 0 aromatic carbocycles. The smallest absolute Gasteiger partial charge is 0.135 e. The van der Waals surface area contributed by atoms with Crippen LogP contribution in [-0.4, -0.2) is 18.0 Å². The Bertz CT molecular complexity index is 427. The van der Waals surface area contributed by atoms with Gasteiger partial charge in [0.25, 0.3) is 0 Å². The number of carbonyl (C=O) groups is 1. The Morgan fingerprint density at radius 3 is 2.48 bits per heavy atom. The summed E-state index contributed by atoms with van der Waals surface area (Å²) in [6.45, 7) is 10.4. The zero-order valence-electron chi connectivity index (χ0n) is 14.3. The third-order valence-electron chi connectivity index (χ3n) is 7.26. The fraction of sp³-hybridized carbons (Fsp3) is 0.947. The Hall–Kier alpha value is -0.370. The van der Waals surface area contributed by atoms with E-state index in [2.05, 4.69) is 27.7 Å². The minimum absolute atomic E-state index is 0.000625. The zero-order chi connectivity index (χ0) is 15.3. The van der Waals surface area contributed by atoms with Crippen LogP contribution in [0.15, 0.2) is 0 Å². The lowest BCUT2D eigenvalue weighted by Crippen LogP contribution is -2.59. The molecule has 2 saturated carbocycles. The summed E-state index contributed by atoms with van der Waals surface area (Å²) in [5.41, 5.74) is 0.798. The summed E-state index contributed by atoms with van der Waals surface area (Å²) in [5, 5.41) is 0. The largest absolute Gasteiger partial charge is 0.375 e. The molecule has 21 heavy (non-hydrogen) atoms. The number of fused-ring (bicyclic) bond motifs is 3. The molecule has 0 N–H and O–H groups in total. The first-order chi connectivity index (χ1) is 9.78. The first kappa shape index (κ1) is 15.5. The van der Waals surface area contributed by atoms with Crippen LogP contribution in [-0.2, 0) is 9.53 Å². The van der Waals surface area contributed by atoms with E-state index in [0.717, 1.165) is 18.8 Å². The van der Waals surface area contributed by atoms with Crippen LogP contribution in [0.2, 0.25) is 0 Å². The number of hydrogen-bond donors (Lipinski definition) is 0. The topological polar surface area (TPSA) is 26.3 Å². The molecule has 0 bridgehead atoms. The van der Waals surface area contributed by atoms with Crippen molar-refractivity contribution in [3.8, 4) is 0 Å². The fourth-order valence-electron chi connectivity index (χ4n) is 6.24. The first-order valence-electron chi connectivity index (χ1n) is 8.94. The Kier molecular flexibility index (Phi) is 3.75. The van der Waals surface area contributed by atoms with Crippen LogP contribution in [0.3, 0.4) is 0 Å². The maximum absolute atomic E-state index is 11.9. The third kappa shape index (κ3) is 2.48. The second-order valence-electron chi connectivity index (χ2n) is 8.98. The molecule has 0 unspecified atom stereocenters. The number of ketones is 1. The van der Waals surface area contributed by atoms with Crippen LogP contribution in [0.5, 0.6) is 0 Å². The summed E-state index contributed by atoms with van der Waals surface area (Å²) < 4.78 is 6.31. The Morgan fingerprint density at radius 1 is 0.952 bits per heavy atom. The number of rotatable bonds is 0. The van der Waals surface area contributed by atoms with E-state index in [1.165, 1.54) is 32.1 Å². The molecule has 1 aliphatic heterocycles. The molecule has 0 aromatic rings. The minimum Gasteiger partial charge on any atom is -0.375 e. The summed E-state index contributed by atoms with van der Waals surface area (Å²) in [7, 11) is 0. The van der Waals surface area contributed by atoms with E-state index in [0.29, 0.717) is 35.6 Å². The van der Waals surface area contributed by atoms with E-state index in [1.807, 2.05) is 0 Å². The molecule has 0 spiro atoms. The van der Waals surface area contributed by atoms with Gasteiger partial charge in [0.05, 0.1) is 12.2 Å². The summed E-state index contributed by atoms with van der Waals surface area (Å²) in [6.07, 6.45) is 8.91. The lowest BCUT2D eigenvalue weighted by molar-refractivity contribution is -0.197. The van der Waals surface area contributed by atoms with E-state index in [4.69, 9.17) is 4.74 Å². The standard InChI is InChI=1S/C19H32O2/c1-17(2)10-5-11-18(3)15(17)8-12-19(4)16(18)7-6-14(20)9-13-21-19/h15-16H,5-13H2,1-4H3/t15-,16+,18-,19+/m0/s1. The molecular weight excluding hydrogens is 260 g/mol. The maximum atomic E-state index is 11.9. The van der Waals surface area contributed by atoms with Crippen LogP contribution in [0, 0.1) is 22.7 Å². The summed E-state index contributed by atoms with van der Waals surface area (Å²) in [4.78, 5) is 11.9. The molecule has 120 valence electrons. The fourth-order valence-corrected chi connectivity index (χ4v) is 6.24. The number of ether oxygens (including phenoxy) is 1. The van der Waals surface area contributed by atoms with Gasteiger partial charge in [0.2, 0.25) is 0 Å². The predicted octanol–water partition coefficient (Wildman–Crippen LogP) is 4.76. The van der Waals surface area contributed by atoms with Gasteiger partial charge in [0.15, 0.2) is 0 Å². The molecule has 1 heterocycles. The van der Waals surface area contributed by atoms with Crippen molar-refractivity contribution in [2.75, 3.05) is 6.61 Å². The van der Waals surface area contributed by atoms with Gasteiger partial charge in [-0.15, -0.1) is 0 Å². The van der Waals surface area contributed by atoms with Gasteiger partial charge in [-0.25, -0.2) is 0 Å². The molecule has 2 aliphatic carbocycles. The van der Waals surface area contributed by atoms with Gasteiger partial charge in [-0.1, -0.05) is 27.2 Å². The molecule has 0 radical (unpaired) electrons. The number of Topliss-reactive ketones (excluding diaryl/α,β-unsaturated/α-hetero) is 1. The molecule has 0 amide bonds. The maximum Gasteiger partial charge on any atom is 0.135 e. The molecular formula is C19H32O2. The molecule has 3 fully saturated rings.